The van der Waals surface area contributed by atoms with Crippen molar-refractivity contribution in [2.45, 2.75) is 19.9 Å². The number of anilines is 1. The summed E-state index contributed by atoms with van der Waals surface area (Å²) in [6.07, 6.45) is 3.63. The first kappa shape index (κ1) is 19.4. The summed E-state index contributed by atoms with van der Waals surface area (Å²) in [7, 11) is 1.43. The van der Waals surface area contributed by atoms with Gasteiger partial charge in [-0.1, -0.05) is 0 Å². The van der Waals surface area contributed by atoms with Gasteiger partial charge in [-0.15, -0.1) is 0 Å². The molecule has 0 saturated carbocycles. The zero-order valence-electron chi connectivity index (χ0n) is 17.8. The molecule has 1 aromatic carbocycles. The molecular formula is C23H24N5O3+. The Bertz CT molecular complexity index is 1390. The van der Waals surface area contributed by atoms with Gasteiger partial charge in [0.1, 0.15) is 5.58 Å². The molecule has 8 heteroatoms. The van der Waals surface area contributed by atoms with E-state index in [0.717, 1.165) is 41.0 Å². The number of hydrogen-bond donors (Lipinski definition) is 1. The number of aryl methyl sites for hydroxylation is 1. The van der Waals surface area contributed by atoms with Gasteiger partial charge in [0.25, 0.3) is 5.69 Å². The predicted octanol–water partition coefficient (Wildman–Crippen LogP) is 3.25. The number of imidazole rings is 1. The topological polar surface area (TPSA) is 82.9 Å². The summed E-state index contributed by atoms with van der Waals surface area (Å²) in [4.78, 5) is 31.6. The maximum absolute atomic E-state index is 12.8. The van der Waals surface area contributed by atoms with Crippen molar-refractivity contribution in [1.82, 2.24) is 14.7 Å². The van der Waals surface area contributed by atoms with E-state index in [-0.39, 0.29) is 0 Å². The molecule has 0 unspecified atom stereocenters. The number of nitrogens with one attached hydrogen (secondary N) is 1. The molecule has 0 bridgehead atoms. The van der Waals surface area contributed by atoms with Crippen molar-refractivity contribution in [1.29, 1.82) is 0 Å². The minimum Gasteiger partial charge on any atom is -0.422 e. The van der Waals surface area contributed by atoms with Gasteiger partial charge >= 0.3 is 5.63 Å². The van der Waals surface area contributed by atoms with Crippen LogP contribution in [0.25, 0.3) is 27.9 Å². The van der Waals surface area contributed by atoms with Crippen LogP contribution in [0.5, 0.6) is 0 Å². The molecule has 1 aliphatic rings. The van der Waals surface area contributed by atoms with Crippen LogP contribution in [0.3, 0.4) is 0 Å². The minimum absolute atomic E-state index is 0.372. The summed E-state index contributed by atoms with van der Waals surface area (Å²) < 4.78 is 8.23. The molecule has 4 aromatic rings. The first-order valence-electron chi connectivity index (χ1n) is 10.4. The first-order chi connectivity index (χ1) is 14.9. The van der Waals surface area contributed by atoms with Crippen molar-refractivity contribution < 1.29 is 9.18 Å². The summed E-state index contributed by atoms with van der Waals surface area (Å²) in [6.45, 7) is 6.81. The van der Waals surface area contributed by atoms with Gasteiger partial charge in [-0.2, -0.15) is 0 Å². The van der Waals surface area contributed by atoms with Gasteiger partial charge < -0.3 is 19.0 Å². The van der Waals surface area contributed by atoms with Gasteiger partial charge in [-0.05, 0) is 37.6 Å². The number of piperazine rings is 1. The van der Waals surface area contributed by atoms with Crippen LogP contribution in [-0.4, -0.2) is 46.9 Å². The number of pyridine rings is 1. The number of aromatic nitrogens is 2. The highest BCUT2D eigenvalue weighted by molar-refractivity contribution is 5.84. The lowest BCUT2D eigenvalue weighted by Gasteiger charge is -2.33. The second-order valence-corrected chi connectivity index (χ2v) is 8.23. The van der Waals surface area contributed by atoms with E-state index in [0.29, 0.717) is 34.2 Å². The number of nitroso groups, excluding NO2 is 1. The molecule has 4 heterocycles. The van der Waals surface area contributed by atoms with E-state index in [4.69, 9.17) is 4.42 Å². The van der Waals surface area contributed by atoms with Crippen LogP contribution in [0.2, 0.25) is 0 Å². The van der Waals surface area contributed by atoms with Crippen LogP contribution < -0.4 is 15.8 Å². The molecule has 8 nitrogen and oxygen atoms in total. The van der Waals surface area contributed by atoms with Gasteiger partial charge in [-0.3, -0.25) is 0 Å². The molecule has 1 atom stereocenters. The molecule has 1 N–H and O–H groups in total. The highest BCUT2D eigenvalue weighted by Crippen LogP contribution is 2.28. The Kier molecular flexibility index (Phi) is 4.59. The third-order valence-corrected chi connectivity index (χ3v) is 5.74. The average Bonchev–Trinajstić information content (AvgIpc) is 3.15. The van der Waals surface area contributed by atoms with E-state index in [1.165, 1.54) is 7.05 Å². The lowest BCUT2D eigenvalue weighted by molar-refractivity contribution is -0.427. The summed E-state index contributed by atoms with van der Waals surface area (Å²) in [6, 6.07) is 9.95. The first-order valence-corrected chi connectivity index (χ1v) is 10.4. The fourth-order valence-corrected chi connectivity index (χ4v) is 4.22. The van der Waals surface area contributed by atoms with E-state index < -0.39 is 5.63 Å². The van der Waals surface area contributed by atoms with Gasteiger partial charge in [0.05, 0.1) is 11.3 Å². The Balaban J connectivity index is 1.59. The maximum Gasteiger partial charge on any atom is 0.345 e. The Morgan fingerprint density at radius 1 is 1.23 bits per heavy atom. The molecule has 1 fully saturated rings. The molecule has 0 aliphatic carbocycles. The van der Waals surface area contributed by atoms with E-state index >= 15 is 0 Å². The molecule has 158 valence electrons. The van der Waals surface area contributed by atoms with Crippen LogP contribution in [0.1, 0.15) is 12.5 Å². The van der Waals surface area contributed by atoms with E-state index in [1.807, 2.05) is 25.3 Å². The SMILES string of the molecule is Cc1cc([N+](C)=O)c2nc(-c3cc4ccc(N5CCN[C@@H](C)C5)cc4oc3=O)cn2c1. The summed E-state index contributed by atoms with van der Waals surface area (Å²) in [5.74, 6) is 0. The molecule has 1 saturated heterocycles. The second kappa shape index (κ2) is 7.31. The number of fused-ring (bicyclic) bond motifs is 2. The predicted molar refractivity (Wildman–Crippen MR) is 120 cm³/mol. The molecule has 5 rings (SSSR count). The van der Waals surface area contributed by atoms with E-state index in [2.05, 4.69) is 28.2 Å². The average molecular weight is 418 g/mol. The van der Waals surface area contributed by atoms with E-state index in [1.54, 1.807) is 22.7 Å². The molecule has 3 aromatic heterocycles. The highest BCUT2D eigenvalue weighted by Gasteiger charge is 2.20. The van der Waals surface area contributed by atoms with Crippen molar-refractivity contribution in [3.05, 3.63) is 63.6 Å². The van der Waals surface area contributed by atoms with Gasteiger partial charge in [0.2, 0.25) is 5.65 Å². The quantitative estimate of drug-likeness (QED) is 0.406. The second-order valence-electron chi connectivity index (χ2n) is 8.23. The van der Waals surface area contributed by atoms with Crippen LogP contribution >= 0.6 is 0 Å². The van der Waals surface area contributed by atoms with Gasteiger partial charge in [0.15, 0.2) is 7.05 Å². The van der Waals surface area contributed by atoms with Crippen molar-refractivity contribution in [2.75, 3.05) is 31.6 Å². The Labute approximate surface area is 178 Å². The zero-order chi connectivity index (χ0) is 21.7. The van der Waals surface area contributed by atoms with Crippen LogP contribution in [0.15, 0.2) is 51.9 Å². The fraction of sp³-hybridized carbons (Fsp3) is 0.304. The molecule has 31 heavy (non-hydrogen) atoms. The summed E-state index contributed by atoms with van der Waals surface area (Å²) >= 11 is 0. The fourth-order valence-electron chi connectivity index (χ4n) is 4.22. The standard InChI is InChI=1S/C23H24N5O3/c1-14-8-20(26(3)30)22-25-19(13-28(22)11-14)18-9-16-4-5-17(10-21(16)31-23(18)29)27-7-6-24-15(2)12-27/h4-5,8-11,13,15,24H,6-7,12H2,1-3H3/q+1/t15-/m0/s1. The third kappa shape index (κ3) is 3.48. The zero-order valence-corrected chi connectivity index (χ0v) is 17.8. The number of benzene rings is 1. The van der Waals surface area contributed by atoms with Crippen molar-refractivity contribution in [2.24, 2.45) is 0 Å². The Morgan fingerprint density at radius 3 is 2.84 bits per heavy atom. The van der Waals surface area contributed by atoms with Crippen molar-refractivity contribution >= 4 is 28.0 Å². The minimum atomic E-state index is -0.449. The highest BCUT2D eigenvalue weighted by atomic mass is 16.4. The molecule has 0 spiro atoms. The summed E-state index contributed by atoms with van der Waals surface area (Å²) in [5, 5.41) is 4.26. The molecule has 0 radical (unpaired) electrons. The number of nitrogens with zero attached hydrogens (tertiary/aromatic N) is 4. The third-order valence-electron chi connectivity index (χ3n) is 5.74. The lowest BCUT2D eigenvalue weighted by atomic mass is 10.1. The Morgan fingerprint density at radius 2 is 2.06 bits per heavy atom. The van der Waals surface area contributed by atoms with E-state index in [9.17, 15) is 9.70 Å². The van der Waals surface area contributed by atoms with Crippen LogP contribution in [-0.2, 0) is 0 Å². The monoisotopic (exact) mass is 418 g/mol. The van der Waals surface area contributed by atoms with Gasteiger partial charge in [0, 0.05) is 70.9 Å². The number of hydrogen-bond acceptors (Lipinski definition) is 6. The number of rotatable bonds is 3. The van der Waals surface area contributed by atoms with Crippen molar-refractivity contribution in [3.8, 4) is 11.3 Å². The summed E-state index contributed by atoms with van der Waals surface area (Å²) in [5.41, 5.74) is 3.87. The Hall–Kier alpha value is -3.52. The van der Waals surface area contributed by atoms with Crippen molar-refractivity contribution in [3.63, 3.8) is 0 Å². The molecular weight excluding hydrogens is 394 g/mol. The van der Waals surface area contributed by atoms with Crippen LogP contribution in [0, 0.1) is 11.8 Å². The largest absolute Gasteiger partial charge is 0.422 e. The van der Waals surface area contributed by atoms with Crippen LogP contribution in [0.4, 0.5) is 11.4 Å². The smallest absolute Gasteiger partial charge is 0.345 e. The molecule has 0 amide bonds. The lowest BCUT2D eigenvalue weighted by Crippen LogP contribution is -2.49. The molecule has 1 aliphatic heterocycles. The van der Waals surface area contributed by atoms with Gasteiger partial charge in [-0.25, -0.2) is 9.78 Å². The maximum atomic E-state index is 12.8. The normalized spacial score (nSPS) is 16.9.